The summed E-state index contributed by atoms with van der Waals surface area (Å²) in [6.07, 6.45) is 82.6. The number of carbonyl (C=O) groups excluding carboxylic acids is 3. The summed E-state index contributed by atoms with van der Waals surface area (Å²) in [5.74, 6) is -0.880. The maximum atomic E-state index is 12.9. The van der Waals surface area contributed by atoms with Gasteiger partial charge in [-0.2, -0.15) is 0 Å². The van der Waals surface area contributed by atoms with E-state index in [-0.39, 0.29) is 31.1 Å². The smallest absolute Gasteiger partial charge is 0.306 e. The molecule has 0 radical (unpaired) electrons. The van der Waals surface area contributed by atoms with Crippen LogP contribution in [0, 0.1) is 0 Å². The molecule has 0 aliphatic rings. The lowest BCUT2D eigenvalue weighted by molar-refractivity contribution is -0.167. The van der Waals surface area contributed by atoms with Crippen molar-refractivity contribution in [1.29, 1.82) is 0 Å². The zero-order chi connectivity index (χ0) is 55.0. The second kappa shape index (κ2) is 64.6. The van der Waals surface area contributed by atoms with Crippen molar-refractivity contribution >= 4 is 17.9 Å². The Morgan fingerprint density at radius 3 is 0.789 bits per heavy atom. The quantitative estimate of drug-likeness (QED) is 0.0261. The third kappa shape index (κ3) is 62.0. The Morgan fingerprint density at radius 1 is 0.263 bits per heavy atom. The summed E-state index contributed by atoms with van der Waals surface area (Å²) in [5.41, 5.74) is 0. The van der Waals surface area contributed by atoms with Crippen molar-refractivity contribution in [3.05, 3.63) is 60.8 Å². The third-order valence-corrected chi connectivity index (χ3v) is 14.7. The summed E-state index contributed by atoms with van der Waals surface area (Å²) in [6, 6.07) is 0. The van der Waals surface area contributed by atoms with Crippen LogP contribution in [0.5, 0.6) is 0 Å². The van der Waals surface area contributed by atoms with Gasteiger partial charge in [0.2, 0.25) is 0 Å². The lowest BCUT2D eigenvalue weighted by Gasteiger charge is -2.18. The van der Waals surface area contributed by atoms with Crippen molar-refractivity contribution < 1.29 is 28.6 Å². The van der Waals surface area contributed by atoms with E-state index in [1.54, 1.807) is 0 Å². The lowest BCUT2D eigenvalue weighted by atomic mass is 10.0. The fourth-order valence-electron chi connectivity index (χ4n) is 9.66. The van der Waals surface area contributed by atoms with Crippen LogP contribution < -0.4 is 0 Å². The van der Waals surface area contributed by atoms with Gasteiger partial charge in [-0.05, 0) is 103 Å². The van der Waals surface area contributed by atoms with Gasteiger partial charge in [-0.25, -0.2) is 0 Å². The predicted octanol–water partition coefficient (Wildman–Crippen LogP) is 22.7. The molecule has 0 aliphatic heterocycles. The van der Waals surface area contributed by atoms with Crippen molar-refractivity contribution in [1.82, 2.24) is 0 Å². The molecule has 76 heavy (non-hydrogen) atoms. The maximum absolute atomic E-state index is 12.9. The molecule has 0 aromatic rings. The molecule has 0 saturated heterocycles. The Morgan fingerprint density at radius 2 is 0.487 bits per heavy atom. The van der Waals surface area contributed by atoms with E-state index in [0.717, 1.165) is 89.9 Å². The number of carbonyl (C=O) groups is 3. The van der Waals surface area contributed by atoms with Gasteiger partial charge in [0.15, 0.2) is 6.10 Å². The van der Waals surface area contributed by atoms with Gasteiger partial charge < -0.3 is 14.2 Å². The maximum Gasteiger partial charge on any atom is 0.306 e. The van der Waals surface area contributed by atoms with Crippen LogP contribution in [-0.4, -0.2) is 37.2 Å². The Bertz CT molecular complexity index is 1360. The summed E-state index contributed by atoms with van der Waals surface area (Å²) in [4.78, 5) is 38.2. The van der Waals surface area contributed by atoms with E-state index in [0.29, 0.717) is 19.3 Å². The first-order valence-corrected chi connectivity index (χ1v) is 33.3. The van der Waals surface area contributed by atoms with Crippen molar-refractivity contribution in [3.63, 3.8) is 0 Å². The molecule has 0 aliphatic carbocycles. The van der Waals surface area contributed by atoms with Crippen LogP contribution in [0.25, 0.3) is 0 Å². The van der Waals surface area contributed by atoms with E-state index in [4.69, 9.17) is 14.2 Å². The first-order valence-electron chi connectivity index (χ1n) is 33.3. The SMILES string of the molecule is CCCC/C=C\CCCCCCCC(=O)OCC(COC(=O)CCCCCCCCCCCCCCCCCCCC/C=C\C/C=C\C/C=C\CCCCCCC)OC(=O)CCCCCCC/C=C\CCCCCCC. The van der Waals surface area contributed by atoms with E-state index >= 15 is 0 Å². The number of ether oxygens (including phenoxy) is 3. The zero-order valence-corrected chi connectivity index (χ0v) is 50.8. The molecule has 0 fully saturated rings. The molecule has 0 N–H and O–H groups in total. The van der Waals surface area contributed by atoms with Crippen molar-refractivity contribution in [3.8, 4) is 0 Å². The van der Waals surface area contributed by atoms with E-state index < -0.39 is 6.10 Å². The molecule has 442 valence electrons. The number of allylic oxidation sites excluding steroid dienone is 10. The minimum Gasteiger partial charge on any atom is -0.462 e. The highest BCUT2D eigenvalue weighted by atomic mass is 16.6. The van der Waals surface area contributed by atoms with E-state index in [1.165, 1.54) is 218 Å². The molecule has 0 bridgehead atoms. The predicted molar refractivity (Wildman–Crippen MR) is 330 cm³/mol. The van der Waals surface area contributed by atoms with Gasteiger partial charge >= 0.3 is 17.9 Å². The molecule has 0 amide bonds. The number of rotatable bonds is 61. The zero-order valence-electron chi connectivity index (χ0n) is 50.8. The van der Waals surface area contributed by atoms with Gasteiger partial charge in [-0.3, -0.25) is 14.4 Å². The van der Waals surface area contributed by atoms with Crippen LogP contribution in [0.3, 0.4) is 0 Å². The summed E-state index contributed by atoms with van der Waals surface area (Å²) < 4.78 is 16.9. The van der Waals surface area contributed by atoms with Crippen LogP contribution in [0.4, 0.5) is 0 Å². The largest absolute Gasteiger partial charge is 0.462 e. The Labute approximate surface area is 472 Å². The molecule has 0 spiro atoms. The van der Waals surface area contributed by atoms with Crippen LogP contribution in [0.1, 0.15) is 348 Å². The van der Waals surface area contributed by atoms with E-state index in [9.17, 15) is 14.4 Å². The minimum atomic E-state index is -0.779. The fourth-order valence-corrected chi connectivity index (χ4v) is 9.66. The average Bonchev–Trinajstić information content (AvgIpc) is 3.42. The topological polar surface area (TPSA) is 78.9 Å². The lowest BCUT2D eigenvalue weighted by Crippen LogP contribution is -2.30. The summed E-state index contributed by atoms with van der Waals surface area (Å²) >= 11 is 0. The van der Waals surface area contributed by atoms with Crippen molar-refractivity contribution in [2.75, 3.05) is 13.2 Å². The molecule has 1 atom stereocenters. The number of hydrogen-bond acceptors (Lipinski definition) is 6. The highest BCUT2D eigenvalue weighted by molar-refractivity contribution is 5.71. The monoisotopic (exact) mass is 1060 g/mol. The van der Waals surface area contributed by atoms with Crippen LogP contribution in [0.15, 0.2) is 60.8 Å². The second-order valence-electron chi connectivity index (χ2n) is 22.4. The summed E-state index contributed by atoms with van der Waals surface area (Å²) in [7, 11) is 0. The molecule has 0 aromatic carbocycles. The normalized spacial score (nSPS) is 12.4. The highest BCUT2D eigenvalue weighted by Gasteiger charge is 2.19. The van der Waals surface area contributed by atoms with Crippen LogP contribution in [-0.2, 0) is 28.6 Å². The molecular weight excluding hydrogens is 937 g/mol. The van der Waals surface area contributed by atoms with Crippen LogP contribution >= 0.6 is 0 Å². The van der Waals surface area contributed by atoms with Gasteiger partial charge in [0.25, 0.3) is 0 Å². The summed E-state index contributed by atoms with van der Waals surface area (Å²) in [6.45, 7) is 6.60. The fraction of sp³-hybridized carbons (Fsp3) is 0.814. The number of esters is 3. The molecule has 1 unspecified atom stereocenters. The molecular formula is C70H126O6. The van der Waals surface area contributed by atoms with E-state index in [2.05, 4.69) is 81.5 Å². The highest BCUT2D eigenvalue weighted by Crippen LogP contribution is 2.17. The van der Waals surface area contributed by atoms with Crippen LogP contribution in [0.2, 0.25) is 0 Å². The van der Waals surface area contributed by atoms with E-state index in [1.807, 2.05) is 0 Å². The van der Waals surface area contributed by atoms with Gasteiger partial charge in [-0.15, -0.1) is 0 Å². The van der Waals surface area contributed by atoms with Gasteiger partial charge in [0, 0.05) is 19.3 Å². The average molecular weight is 1060 g/mol. The van der Waals surface area contributed by atoms with Crippen molar-refractivity contribution in [2.45, 2.75) is 354 Å². The standard InChI is InChI=1S/C70H126O6/c1-4-7-10-13-16-19-22-24-26-27-28-29-30-31-32-33-34-35-36-37-38-39-40-41-42-43-44-46-48-51-54-57-60-63-69(72)75-66-67(65-74-68(71)62-59-56-53-50-47-21-18-15-12-9-6-3)76-70(73)64-61-58-55-52-49-45-25-23-20-17-14-11-8-5-2/h15,18,22-25,27-28,30-31,67H,4-14,16-17,19-21,26,29,32-66H2,1-3H3/b18-15-,24-22-,25-23-,28-27-,31-30-. The summed E-state index contributed by atoms with van der Waals surface area (Å²) in [5, 5.41) is 0. The van der Waals surface area contributed by atoms with Crippen molar-refractivity contribution in [2.24, 2.45) is 0 Å². The molecule has 0 aromatic heterocycles. The molecule has 0 rings (SSSR count). The second-order valence-corrected chi connectivity index (χ2v) is 22.4. The van der Waals surface area contributed by atoms with Gasteiger partial charge in [-0.1, -0.05) is 287 Å². The Hall–Kier alpha value is -2.89. The molecule has 0 saturated carbocycles. The molecule has 6 nitrogen and oxygen atoms in total. The third-order valence-electron chi connectivity index (χ3n) is 14.7. The Balaban J connectivity index is 4.08. The van der Waals surface area contributed by atoms with Gasteiger partial charge in [0.1, 0.15) is 13.2 Å². The first kappa shape index (κ1) is 73.1. The number of hydrogen-bond donors (Lipinski definition) is 0. The van der Waals surface area contributed by atoms with Gasteiger partial charge in [0.05, 0.1) is 0 Å². The molecule has 0 heterocycles. The first-order chi connectivity index (χ1) is 37.5. The number of unbranched alkanes of at least 4 members (excludes halogenated alkanes) is 40. The molecule has 6 heteroatoms. The Kier molecular flexibility index (Phi) is 62.2. The minimum absolute atomic E-state index is 0.0768.